The molecular weight excluding hydrogens is 252 g/mol. The third-order valence-electron chi connectivity index (χ3n) is 3.10. The second kappa shape index (κ2) is 6.61. The maximum absolute atomic E-state index is 14.1. The van der Waals surface area contributed by atoms with E-state index < -0.39 is 24.5 Å². The molecule has 106 valence electrons. The molecule has 0 bridgehead atoms. The molecule has 0 spiro atoms. The minimum absolute atomic E-state index is 0.0454. The molecule has 3 nitrogen and oxygen atoms in total. The van der Waals surface area contributed by atoms with Crippen molar-refractivity contribution in [1.82, 2.24) is 4.90 Å². The van der Waals surface area contributed by atoms with Gasteiger partial charge in [0.05, 0.1) is 13.0 Å². The summed E-state index contributed by atoms with van der Waals surface area (Å²) in [6.07, 6.45) is -0.140. The van der Waals surface area contributed by atoms with Crippen LogP contribution in [-0.2, 0) is 10.7 Å². The predicted molar refractivity (Wildman–Crippen MR) is 69.3 cm³/mol. The fourth-order valence-electron chi connectivity index (χ4n) is 1.99. The Balaban J connectivity index is 2.77. The standard InChI is InChI=1S/C14H19F2NO2/c1-3-17(11(2)9-13(18)19)10-14(15,16)12-7-5-4-6-8-12/h4-8,11H,3,9-10H2,1-2H3,(H,18,19). The molecule has 1 atom stereocenters. The molecule has 5 heteroatoms. The van der Waals surface area contributed by atoms with E-state index >= 15 is 0 Å². The van der Waals surface area contributed by atoms with Gasteiger partial charge in [-0.15, -0.1) is 0 Å². The third-order valence-corrected chi connectivity index (χ3v) is 3.10. The molecule has 0 amide bonds. The van der Waals surface area contributed by atoms with Gasteiger partial charge in [0.2, 0.25) is 0 Å². The highest BCUT2D eigenvalue weighted by Crippen LogP contribution is 2.29. The number of carbonyl (C=O) groups is 1. The molecule has 0 saturated carbocycles. The van der Waals surface area contributed by atoms with Crippen LogP contribution in [0.15, 0.2) is 30.3 Å². The van der Waals surface area contributed by atoms with Crippen LogP contribution in [0.25, 0.3) is 0 Å². The number of alkyl halides is 2. The highest BCUT2D eigenvalue weighted by molar-refractivity contribution is 5.67. The van der Waals surface area contributed by atoms with Gasteiger partial charge in [0.15, 0.2) is 0 Å². The SMILES string of the molecule is CCN(CC(F)(F)c1ccccc1)C(C)CC(=O)O. The largest absolute Gasteiger partial charge is 0.481 e. The fraction of sp³-hybridized carbons (Fsp3) is 0.500. The summed E-state index contributed by atoms with van der Waals surface area (Å²) in [7, 11) is 0. The van der Waals surface area contributed by atoms with Crippen molar-refractivity contribution >= 4 is 5.97 Å². The molecule has 0 heterocycles. The van der Waals surface area contributed by atoms with Crippen LogP contribution in [0, 0.1) is 0 Å². The molecule has 1 aromatic rings. The number of carboxylic acids is 1. The Morgan fingerprint density at radius 3 is 2.42 bits per heavy atom. The maximum Gasteiger partial charge on any atom is 0.304 e. The normalized spacial score (nSPS) is 13.5. The number of carboxylic acid groups (broad SMARTS) is 1. The molecule has 1 rings (SSSR count). The van der Waals surface area contributed by atoms with Gasteiger partial charge >= 0.3 is 5.97 Å². The van der Waals surface area contributed by atoms with Crippen LogP contribution in [0.4, 0.5) is 8.78 Å². The minimum atomic E-state index is -2.98. The van der Waals surface area contributed by atoms with E-state index in [9.17, 15) is 13.6 Å². The van der Waals surface area contributed by atoms with Gasteiger partial charge < -0.3 is 5.11 Å². The summed E-state index contributed by atoms with van der Waals surface area (Å²) in [4.78, 5) is 12.1. The van der Waals surface area contributed by atoms with Gasteiger partial charge in [-0.25, -0.2) is 0 Å². The Morgan fingerprint density at radius 2 is 1.95 bits per heavy atom. The smallest absolute Gasteiger partial charge is 0.304 e. The average molecular weight is 271 g/mol. The van der Waals surface area contributed by atoms with Gasteiger partial charge in [0, 0.05) is 11.6 Å². The zero-order valence-electron chi connectivity index (χ0n) is 11.1. The Hall–Kier alpha value is -1.49. The van der Waals surface area contributed by atoms with E-state index in [1.165, 1.54) is 17.0 Å². The summed E-state index contributed by atoms with van der Waals surface area (Å²) >= 11 is 0. The summed E-state index contributed by atoms with van der Waals surface area (Å²) in [6, 6.07) is 7.17. The first kappa shape index (κ1) is 15.6. The quantitative estimate of drug-likeness (QED) is 0.829. The molecule has 1 aromatic carbocycles. The van der Waals surface area contributed by atoms with E-state index in [0.717, 1.165) is 0 Å². The molecule has 0 fully saturated rings. The van der Waals surface area contributed by atoms with Crippen molar-refractivity contribution in [3.05, 3.63) is 35.9 Å². The van der Waals surface area contributed by atoms with Crippen molar-refractivity contribution in [2.45, 2.75) is 32.2 Å². The highest BCUT2D eigenvalue weighted by Gasteiger charge is 2.35. The summed E-state index contributed by atoms with van der Waals surface area (Å²) in [5, 5.41) is 8.73. The summed E-state index contributed by atoms with van der Waals surface area (Å²) < 4.78 is 28.2. The molecule has 0 saturated heterocycles. The van der Waals surface area contributed by atoms with Crippen LogP contribution in [0.1, 0.15) is 25.8 Å². The predicted octanol–water partition coefficient (Wildman–Crippen LogP) is 2.96. The highest BCUT2D eigenvalue weighted by atomic mass is 19.3. The zero-order chi connectivity index (χ0) is 14.5. The van der Waals surface area contributed by atoms with Gasteiger partial charge in [-0.05, 0) is 13.5 Å². The molecule has 0 aromatic heterocycles. The van der Waals surface area contributed by atoms with Crippen molar-refractivity contribution in [2.75, 3.05) is 13.1 Å². The number of hydrogen-bond donors (Lipinski definition) is 1. The third kappa shape index (κ3) is 4.59. The zero-order valence-corrected chi connectivity index (χ0v) is 11.1. The van der Waals surface area contributed by atoms with E-state index in [0.29, 0.717) is 6.54 Å². The van der Waals surface area contributed by atoms with Crippen molar-refractivity contribution in [3.8, 4) is 0 Å². The Labute approximate surface area is 111 Å². The first-order chi connectivity index (χ1) is 8.86. The Bertz CT molecular complexity index is 409. The van der Waals surface area contributed by atoms with Crippen molar-refractivity contribution < 1.29 is 18.7 Å². The monoisotopic (exact) mass is 271 g/mol. The Morgan fingerprint density at radius 1 is 1.37 bits per heavy atom. The molecule has 1 N–H and O–H groups in total. The van der Waals surface area contributed by atoms with Crippen molar-refractivity contribution in [2.24, 2.45) is 0 Å². The molecule has 19 heavy (non-hydrogen) atoms. The topological polar surface area (TPSA) is 40.5 Å². The maximum atomic E-state index is 14.1. The van der Waals surface area contributed by atoms with Crippen LogP contribution < -0.4 is 0 Å². The van der Waals surface area contributed by atoms with E-state index in [1.54, 1.807) is 32.0 Å². The Kier molecular flexibility index (Phi) is 5.42. The van der Waals surface area contributed by atoms with Crippen LogP contribution in [-0.4, -0.2) is 35.1 Å². The first-order valence-electron chi connectivity index (χ1n) is 6.26. The second-order valence-corrected chi connectivity index (χ2v) is 4.58. The van der Waals surface area contributed by atoms with E-state index in [-0.39, 0.29) is 12.0 Å². The van der Waals surface area contributed by atoms with Crippen LogP contribution in [0.5, 0.6) is 0 Å². The van der Waals surface area contributed by atoms with Gasteiger partial charge in [-0.3, -0.25) is 9.69 Å². The summed E-state index contributed by atoms with van der Waals surface area (Å²) in [5.41, 5.74) is -0.0454. The average Bonchev–Trinajstić information content (AvgIpc) is 2.36. The lowest BCUT2D eigenvalue weighted by Crippen LogP contribution is -2.41. The summed E-state index contributed by atoms with van der Waals surface area (Å²) in [5.74, 6) is -3.96. The van der Waals surface area contributed by atoms with Gasteiger partial charge in [-0.1, -0.05) is 37.3 Å². The lowest BCUT2D eigenvalue weighted by Gasteiger charge is -2.30. The fourth-order valence-corrected chi connectivity index (χ4v) is 1.99. The van der Waals surface area contributed by atoms with E-state index in [2.05, 4.69) is 0 Å². The van der Waals surface area contributed by atoms with Crippen LogP contribution >= 0.6 is 0 Å². The van der Waals surface area contributed by atoms with E-state index in [4.69, 9.17) is 5.11 Å². The molecule has 0 aliphatic rings. The molecule has 1 unspecified atom stereocenters. The molecule has 0 aliphatic heterocycles. The lowest BCUT2D eigenvalue weighted by atomic mass is 10.1. The second-order valence-electron chi connectivity index (χ2n) is 4.58. The number of rotatable bonds is 7. The number of nitrogens with zero attached hydrogens (tertiary/aromatic N) is 1. The molecule has 0 aliphatic carbocycles. The number of likely N-dealkylation sites (N-methyl/N-ethyl adjacent to an activating group) is 1. The molecular formula is C14H19F2NO2. The van der Waals surface area contributed by atoms with Crippen molar-refractivity contribution in [1.29, 1.82) is 0 Å². The number of benzene rings is 1. The van der Waals surface area contributed by atoms with Gasteiger partial charge in [-0.2, -0.15) is 8.78 Å². The minimum Gasteiger partial charge on any atom is -0.481 e. The molecule has 0 radical (unpaired) electrons. The number of hydrogen-bond acceptors (Lipinski definition) is 2. The number of aliphatic carboxylic acids is 1. The van der Waals surface area contributed by atoms with E-state index in [1.807, 2.05) is 0 Å². The lowest BCUT2D eigenvalue weighted by molar-refractivity contribution is -0.139. The first-order valence-corrected chi connectivity index (χ1v) is 6.26. The van der Waals surface area contributed by atoms with Gasteiger partial charge in [0.1, 0.15) is 0 Å². The number of halogens is 2. The van der Waals surface area contributed by atoms with Crippen LogP contribution in [0.3, 0.4) is 0 Å². The van der Waals surface area contributed by atoms with Crippen LogP contribution in [0.2, 0.25) is 0 Å². The van der Waals surface area contributed by atoms with Crippen molar-refractivity contribution in [3.63, 3.8) is 0 Å². The van der Waals surface area contributed by atoms with Gasteiger partial charge in [0.25, 0.3) is 5.92 Å². The summed E-state index contributed by atoms with van der Waals surface area (Å²) in [6.45, 7) is 3.32.